The van der Waals surface area contributed by atoms with Gasteiger partial charge in [-0.15, -0.1) is 11.3 Å². The van der Waals surface area contributed by atoms with Gasteiger partial charge in [0.2, 0.25) is 0 Å². The van der Waals surface area contributed by atoms with Crippen molar-refractivity contribution in [2.75, 3.05) is 5.73 Å². The van der Waals surface area contributed by atoms with Gasteiger partial charge in [0.05, 0.1) is 22.2 Å². The van der Waals surface area contributed by atoms with E-state index >= 15 is 0 Å². The molecule has 2 aliphatic rings. The maximum absolute atomic E-state index is 12.4. The molecular formula is C14H14N2O3S. The molecule has 0 spiro atoms. The molecule has 104 valence electrons. The van der Waals surface area contributed by atoms with Crippen LogP contribution in [-0.2, 0) is 4.79 Å². The lowest BCUT2D eigenvalue weighted by Crippen LogP contribution is -2.44. The number of Topliss-reactive ketones (excluding diaryl/α,β-unsaturated/α-hetero) is 1. The number of anilines is 1. The average Bonchev–Trinajstić information content (AvgIpc) is 2.82. The third-order valence-electron chi connectivity index (χ3n) is 3.82. The number of fused-ring (bicyclic) bond motifs is 1. The molecular weight excluding hydrogens is 276 g/mol. The topological polar surface area (TPSA) is 80.5 Å². The Morgan fingerprint density at radius 3 is 2.75 bits per heavy atom. The van der Waals surface area contributed by atoms with Crippen LogP contribution in [0.3, 0.4) is 0 Å². The first-order valence-electron chi connectivity index (χ1n) is 6.45. The molecule has 1 atom stereocenters. The molecule has 3 rings (SSSR count). The highest BCUT2D eigenvalue weighted by Crippen LogP contribution is 2.36. The lowest BCUT2D eigenvalue weighted by atomic mass is 10.1. The minimum Gasteiger partial charge on any atom is -0.390 e. The number of hydrogen-bond donors (Lipinski definition) is 1. The van der Waals surface area contributed by atoms with E-state index in [0.29, 0.717) is 17.0 Å². The van der Waals surface area contributed by atoms with Crippen molar-refractivity contribution in [3.05, 3.63) is 28.7 Å². The molecule has 2 heterocycles. The van der Waals surface area contributed by atoms with E-state index in [2.05, 4.69) is 6.58 Å². The first kappa shape index (κ1) is 13.1. The summed E-state index contributed by atoms with van der Waals surface area (Å²) in [4.78, 5) is 38.0. The predicted molar refractivity (Wildman–Crippen MR) is 75.6 cm³/mol. The van der Waals surface area contributed by atoms with Crippen molar-refractivity contribution in [3.63, 3.8) is 0 Å². The average molecular weight is 290 g/mol. The molecule has 1 aliphatic heterocycles. The zero-order valence-corrected chi connectivity index (χ0v) is 11.7. The number of imide groups is 1. The van der Waals surface area contributed by atoms with Gasteiger partial charge in [-0.2, -0.15) is 0 Å². The summed E-state index contributed by atoms with van der Waals surface area (Å²) in [5.41, 5.74) is 7.20. The summed E-state index contributed by atoms with van der Waals surface area (Å²) in [5.74, 6) is -0.944. The van der Waals surface area contributed by atoms with Crippen molar-refractivity contribution >= 4 is 33.9 Å². The number of allylic oxidation sites excluding steroid dienone is 1. The maximum atomic E-state index is 12.4. The van der Waals surface area contributed by atoms with Crippen LogP contribution in [0.2, 0.25) is 0 Å². The first-order valence-corrected chi connectivity index (χ1v) is 7.33. The number of rotatable bonds is 1. The van der Waals surface area contributed by atoms with Gasteiger partial charge < -0.3 is 5.73 Å². The number of nitrogen functional groups attached to an aromatic ring is 1. The van der Waals surface area contributed by atoms with Crippen LogP contribution in [-0.4, -0.2) is 28.5 Å². The van der Waals surface area contributed by atoms with Gasteiger partial charge in [-0.1, -0.05) is 12.2 Å². The highest BCUT2D eigenvalue weighted by molar-refractivity contribution is 7.14. The van der Waals surface area contributed by atoms with Crippen LogP contribution < -0.4 is 5.73 Å². The number of hydrogen-bond acceptors (Lipinski definition) is 5. The maximum Gasteiger partial charge on any atom is 0.265 e. The highest BCUT2D eigenvalue weighted by atomic mass is 32.1. The fraction of sp³-hybridized carbons (Fsp3) is 0.357. The van der Waals surface area contributed by atoms with Gasteiger partial charge in [0.15, 0.2) is 5.78 Å². The Labute approximate surface area is 120 Å². The molecule has 5 nitrogen and oxygen atoms in total. The Kier molecular flexibility index (Phi) is 2.97. The lowest BCUT2D eigenvalue weighted by Gasteiger charge is -2.23. The van der Waals surface area contributed by atoms with Crippen molar-refractivity contribution in [3.8, 4) is 0 Å². The molecule has 1 fully saturated rings. The number of thiophene rings is 1. The molecule has 0 saturated heterocycles. The summed E-state index contributed by atoms with van der Waals surface area (Å²) in [6.45, 7) is 3.84. The minimum absolute atomic E-state index is 0.110. The summed E-state index contributed by atoms with van der Waals surface area (Å²) < 4.78 is 0. The van der Waals surface area contributed by atoms with Gasteiger partial charge in [0.25, 0.3) is 11.8 Å². The molecule has 2 amide bonds. The van der Waals surface area contributed by atoms with Crippen molar-refractivity contribution in [1.29, 1.82) is 0 Å². The first-order chi connectivity index (χ1) is 9.50. The number of nitrogens with zero attached hydrogens (tertiary/aromatic N) is 1. The van der Waals surface area contributed by atoms with E-state index < -0.39 is 17.9 Å². The van der Waals surface area contributed by atoms with E-state index in [1.165, 1.54) is 11.3 Å². The Bertz CT molecular complexity index is 647. The number of ketones is 1. The fourth-order valence-corrected chi connectivity index (χ4v) is 3.59. The third-order valence-corrected chi connectivity index (χ3v) is 4.63. The van der Waals surface area contributed by atoms with E-state index in [-0.39, 0.29) is 17.8 Å². The third kappa shape index (κ3) is 1.79. The Hall–Kier alpha value is -1.95. The number of amides is 2. The van der Waals surface area contributed by atoms with E-state index in [9.17, 15) is 14.4 Å². The highest BCUT2D eigenvalue weighted by Gasteiger charge is 2.44. The largest absolute Gasteiger partial charge is 0.390 e. The molecule has 6 heteroatoms. The van der Waals surface area contributed by atoms with E-state index in [1.807, 2.05) is 0 Å². The molecule has 0 radical (unpaired) electrons. The SMILES string of the molecule is C=C1CCCC(N2C(=O)c3csc(N)c3C2=O)C(=O)C1. The van der Waals surface area contributed by atoms with E-state index in [0.717, 1.165) is 23.3 Å². The van der Waals surface area contributed by atoms with Crippen LogP contribution in [0.1, 0.15) is 46.4 Å². The molecule has 0 aromatic carbocycles. The van der Waals surface area contributed by atoms with Gasteiger partial charge in [0, 0.05) is 11.8 Å². The van der Waals surface area contributed by atoms with Crippen LogP contribution >= 0.6 is 11.3 Å². The molecule has 2 N–H and O–H groups in total. The summed E-state index contributed by atoms with van der Waals surface area (Å²) in [5, 5.41) is 1.93. The summed E-state index contributed by atoms with van der Waals surface area (Å²) in [6.07, 6.45) is 2.27. The second-order valence-corrected chi connectivity index (χ2v) is 6.08. The number of carbonyl (C=O) groups excluding carboxylic acids is 3. The smallest absolute Gasteiger partial charge is 0.265 e. The zero-order valence-electron chi connectivity index (χ0n) is 10.8. The Balaban J connectivity index is 1.96. The summed E-state index contributed by atoms with van der Waals surface area (Å²) in [7, 11) is 0. The molecule has 1 aromatic rings. The second kappa shape index (κ2) is 4.56. The van der Waals surface area contributed by atoms with Crippen LogP contribution in [0.5, 0.6) is 0 Å². The molecule has 20 heavy (non-hydrogen) atoms. The van der Waals surface area contributed by atoms with Crippen LogP contribution in [0, 0.1) is 0 Å². The molecule has 1 aliphatic carbocycles. The Morgan fingerprint density at radius 1 is 1.30 bits per heavy atom. The quantitative estimate of drug-likeness (QED) is 0.487. The van der Waals surface area contributed by atoms with Crippen molar-refractivity contribution in [2.24, 2.45) is 0 Å². The molecule has 1 saturated carbocycles. The zero-order chi connectivity index (χ0) is 14.4. The monoisotopic (exact) mass is 290 g/mol. The van der Waals surface area contributed by atoms with Gasteiger partial charge >= 0.3 is 0 Å². The van der Waals surface area contributed by atoms with Crippen LogP contribution in [0.25, 0.3) is 0 Å². The van der Waals surface area contributed by atoms with Crippen molar-refractivity contribution in [2.45, 2.75) is 31.7 Å². The predicted octanol–water partition coefficient (Wildman–Crippen LogP) is 1.99. The summed E-state index contributed by atoms with van der Waals surface area (Å²) >= 11 is 1.18. The number of nitrogens with two attached hydrogens (primary N) is 1. The lowest BCUT2D eigenvalue weighted by molar-refractivity contribution is -0.122. The van der Waals surface area contributed by atoms with E-state index in [4.69, 9.17) is 5.73 Å². The molecule has 0 bridgehead atoms. The van der Waals surface area contributed by atoms with Crippen molar-refractivity contribution in [1.82, 2.24) is 4.90 Å². The summed E-state index contributed by atoms with van der Waals surface area (Å²) in [6, 6.07) is -0.675. The van der Waals surface area contributed by atoms with Gasteiger partial charge in [-0.3, -0.25) is 19.3 Å². The van der Waals surface area contributed by atoms with Gasteiger partial charge in [-0.05, 0) is 19.3 Å². The normalized spacial score (nSPS) is 23.2. The molecule has 1 aromatic heterocycles. The standard InChI is InChI=1S/C14H14N2O3S/c1-7-3-2-4-9(10(17)5-7)16-13(18)8-6-20-12(15)11(8)14(16)19/h6,9H,1-5,15H2. The molecule has 1 unspecified atom stereocenters. The van der Waals surface area contributed by atoms with Gasteiger partial charge in [-0.25, -0.2) is 0 Å². The number of carbonyl (C=O) groups is 3. The Morgan fingerprint density at radius 2 is 2.05 bits per heavy atom. The fourth-order valence-electron chi connectivity index (χ4n) is 2.81. The van der Waals surface area contributed by atoms with Crippen LogP contribution in [0.4, 0.5) is 5.00 Å². The van der Waals surface area contributed by atoms with E-state index in [1.54, 1.807) is 5.38 Å². The van der Waals surface area contributed by atoms with Crippen LogP contribution in [0.15, 0.2) is 17.5 Å². The van der Waals surface area contributed by atoms with Crippen molar-refractivity contribution < 1.29 is 14.4 Å². The van der Waals surface area contributed by atoms with Gasteiger partial charge in [0.1, 0.15) is 0 Å². The minimum atomic E-state index is -0.675. The second-order valence-electron chi connectivity index (χ2n) is 5.17.